The number of nitrogens with zero attached hydrogens (tertiary/aromatic N) is 1. The van der Waals surface area contributed by atoms with Crippen LogP contribution >= 0.6 is 0 Å². The first kappa shape index (κ1) is 33.7. The third-order valence-electron chi connectivity index (χ3n) is 12.9. The monoisotopic (exact) mass is 753 g/mol. The third-order valence-corrected chi connectivity index (χ3v) is 12.9. The Morgan fingerprint density at radius 2 is 1.02 bits per heavy atom. The quantitative estimate of drug-likeness (QED) is 0.168. The van der Waals surface area contributed by atoms with Crippen LogP contribution < -0.4 is 4.90 Å². The highest BCUT2D eigenvalue weighted by Crippen LogP contribution is 2.59. The van der Waals surface area contributed by atoms with Crippen molar-refractivity contribution < 1.29 is 4.42 Å². The van der Waals surface area contributed by atoms with Crippen LogP contribution in [0.15, 0.2) is 217 Å². The van der Waals surface area contributed by atoms with Crippen molar-refractivity contribution in [3.8, 4) is 44.5 Å². The third kappa shape index (κ3) is 5.13. The van der Waals surface area contributed by atoms with Gasteiger partial charge in [-0.1, -0.05) is 176 Å². The summed E-state index contributed by atoms with van der Waals surface area (Å²) in [5, 5.41) is 2.22. The molecule has 9 aromatic carbocycles. The number of benzene rings is 9. The Bertz CT molecular complexity index is 3230. The van der Waals surface area contributed by atoms with Gasteiger partial charge in [0.25, 0.3) is 0 Å². The van der Waals surface area contributed by atoms with Crippen LogP contribution in [-0.2, 0) is 11.8 Å². The van der Waals surface area contributed by atoms with Crippen molar-refractivity contribution in [1.29, 1.82) is 0 Å². The summed E-state index contributed by atoms with van der Waals surface area (Å²) in [4.78, 5) is 2.38. The van der Waals surface area contributed by atoms with E-state index in [1.807, 2.05) is 6.07 Å². The van der Waals surface area contributed by atoms with E-state index in [-0.39, 0.29) is 5.41 Å². The first-order valence-corrected chi connectivity index (χ1v) is 20.6. The first-order valence-electron chi connectivity index (χ1n) is 20.6. The summed E-state index contributed by atoms with van der Waals surface area (Å²) < 4.78 is 6.74. The zero-order valence-electron chi connectivity index (χ0n) is 32.5. The zero-order chi connectivity index (χ0) is 38.9. The maximum atomic E-state index is 6.74. The summed E-state index contributed by atoms with van der Waals surface area (Å²) in [6, 6.07) is 77.5. The van der Waals surface area contributed by atoms with Gasteiger partial charge < -0.3 is 9.32 Å². The van der Waals surface area contributed by atoms with E-state index in [9.17, 15) is 0 Å². The fourth-order valence-corrected chi connectivity index (χ4v) is 10.3. The first-order chi connectivity index (χ1) is 29.3. The number of hydrogen-bond donors (Lipinski definition) is 0. The smallest absolute Gasteiger partial charge is 0.159 e. The van der Waals surface area contributed by atoms with E-state index in [0.29, 0.717) is 0 Å². The number of rotatable bonds is 6. The lowest BCUT2D eigenvalue weighted by molar-refractivity contribution is 0.626. The van der Waals surface area contributed by atoms with Gasteiger partial charge in [-0.2, -0.15) is 0 Å². The van der Waals surface area contributed by atoms with Gasteiger partial charge in [-0.15, -0.1) is 0 Å². The molecule has 0 saturated carbocycles. The molecule has 0 aliphatic heterocycles. The van der Waals surface area contributed by atoms with Crippen molar-refractivity contribution in [3.05, 3.63) is 235 Å². The molecule has 2 aliphatic carbocycles. The summed E-state index contributed by atoms with van der Waals surface area (Å²) in [6.45, 7) is 0. The Morgan fingerprint density at radius 3 is 1.88 bits per heavy atom. The van der Waals surface area contributed by atoms with Crippen LogP contribution in [0.2, 0.25) is 0 Å². The zero-order valence-corrected chi connectivity index (χ0v) is 32.5. The SMILES string of the molecule is c1ccc(-c2ccccc2-c2ccccc2N(c2ccc(-c3ccc4c(c3)C3(CCc5ccccc53)c3ccccc3-4)cc2)c2cccc3c2oc2ccccc23)cc1. The van der Waals surface area contributed by atoms with E-state index in [1.165, 1.54) is 61.2 Å². The number of furan rings is 1. The number of anilines is 3. The van der Waals surface area contributed by atoms with Crippen LogP contribution in [0.25, 0.3) is 66.4 Å². The lowest BCUT2D eigenvalue weighted by atomic mass is 9.73. The minimum atomic E-state index is -0.125. The van der Waals surface area contributed by atoms with E-state index >= 15 is 0 Å². The molecular formula is C57H39NO. The summed E-state index contributed by atoms with van der Waals surface area (Å²) in [5.74, 6) is 0. The van der Waals surface area contributed by atoms with Crippen molar-refractivity contribution in [2.45, 2.75) is 18.3 Å². The average molecular weight is 754 g/mol. The number of para-hydroxylation sites is 3. The van der Waals surface area contributed by atoms with Crippen LogP contribution in [0.3, 0.4) is 0 Å². The van der Waals surface area contributed by atoms with Gasteiger partial charge in [0, 0.05) is 27.4 Å². The molecule has 59 heavy (non-hydrogen) atoms. The number of fused-ring (bicyclic) bond motifs is 10. The molecule has 0 saturated heterocycles. The summed E-state index contributed by atoms with van der Waals surface area (Å²) in [5.41, 5.74) is 20.4. The Hall–Kier alpha value is -7.42. The van der Waals surface area contributed by atoms with Gasteiger partial charge in [-0.05, 0) is 110 Å². The second-order valence-electron chi connectivity index (χ2n) is 15.9. The molecule has 0 fully saturated rings. The van der Waals surface area contributed by atoms with E-state index in [0.717, 1.165) is 57.4 Å². The van der Waals surface area contributed by atoms with Gasteiger partial charge in [-0.3, -0.25) is 0 Å². The van der Waals surface area contributed by atoms with Crippen LogP contribution in [0.5, 0.6) is 0 Å². The molecule has 12 rings (SSSR count). The van der Waals surface area contributed by atoms with Gasteiger partial charge >= 0.3 is 0 Å². The molecule has 0 radical (unpaired) electrons. The van der Waals surface area contributed by atoms with Gasteiger partial charge in [0.2, 0.25) is 0 Å². The Morgan fingerprint density at radius 1 is 0.390 bits per heavy atom. The van der Waals surface area contributed by atoms with Gasteiger partial charge in [0.1, 0.15) is 5.58 Å². The lowest BCUT2D eigenvalue weighted by Gasteiger charge is -2.29. The normalized spacial score (nSPS) is 15.1. The van der Waals surface area contributed by atoms with E-state index in [2.05, 4.69) is 211 Å². The van der Waals surface area contributed by atoms with Crippen LogP contribution in [0.1, 0.15) is 28.7 Å². The average Bonchev–Trinajstić information content (AvgIpc) is 3.98. The second kappa shape index (κ2) is 13.3. The van der Waals surface area contributed by atoms with Crippen molar-refractivity contribution in [1.82, 2.24) is 0 Å². The molecule has 2 nitrogen and oxygen atoms in total. The minimum absolute atomic E-state index is 0.125. The van der Waals surface area contributed by atoms with E-state index < -0.39 is 0 Å². The fourth-order valence-electron chi connectivity index (χ4n) is 10.3. The Balaban J connectivity index is 1.02. The van der Waals surface area contributed by atoms with Gasteiger partial charge in [-0.25, -0.2) is 0 Å². The van der Waals surface area contributed by atoms with Crippen molar-refractivity contribution in [3.63, 3.8) is 0 Å². The van der Waals surface area contributed by atoms with Crippen LogP contribution in [0.4, 0.5) is 17.1 Å². The number of aryl methyl sites for hydroxylation is 1. The van der Waals surface area contributed by atoms with Crippen molar-refractivity contribution in [2.75, 3.05) is 4.90 Å². The predicted octanol–water partition coefficient (Wildman–Crippen LogP) is 15.3. The van der Waals surface area contributed by atoms with Crippen LogP contribution in [-0.4, -0.2) is 0 Å². The van der Waals surface area contributed by atoms with E-state index in [1.54, 1.807) is 0 Å². The summed E-state index contributed by atoms with van der Waals surface area (Å²) >= 11 is 0. The fraction of sp³-hybridized carbons (Fsp3) is 0.0526. The molecular weight excluding hydrogens is 715 g/mol. The molecule has 1 aromatic heterocycles. The largest absolute Gasteiger partial charge is 0.454 e. The molecule has 0 amide bonds. The van der Waals surface area contributed by atoms with Crippen molar-refractivity contribution in [2.24, 2.45) is 0 Å². The highest BCUT2D eigenvalue weighted by Gasteiger charge is 2.48. The molecule has 1 spiro atoms. The topological polar surface area (TPSA) is 16.4 Å². The van der Waals surface area contributed by atoms with Gasteiger partial charge in [0.05, 0.1) is 11.4 Å². The molecule has 1 atom stereocenters. The summed E-state index contributed by atoms with van der Waals surface area (Å²) in [6.07, 6.45) is 2.18. The molecule has 1 heterocycles. The molecule has 0 N–H and O–H groups in total. The predicted molar refractivity (Wildman–Crippen MR) is 245 cm³/mol. The van der Waals surface area contributed by atoms with Crippen LogP contribution in [0, 0.1) is 0 Å². The lowest BCUT2D eigenvalue weighted by Crippen LogP contribution is -2.23. The highest BCUT2D eigenvalue weighted by atomic mass is 16.3. The standard InChI is InChI=1S/C57H39NO/c1-2-15-39(16-3-1)43-18-5-6-19-44(43)47-21-8-12-26-53(47)58(54-27-14-23-49-48-22-9-13-28-55(48)59-56(49)54)42-32-29-38(30-33-42)41-31-34-46-45-20-7-11-25-51(45)57(52(46)37-41)36-35-40-17-4-10-24-50(40)57/h1-34,37H,35-36H2. The van der Waals surface area contributed by atoms with E-state index in [4.69, 9.17) is 4.42 Å². The summed E-state index contributed by atoms with van der Waals surface area (Å²) in [7, 11) is 0. The second-order valence-corrected chi connectivity index (χ2v) is 15.9. The van der Waals surface area contributed by atoms with Gasteiger partial charge in [0.15, 0.2) is 5.58 Å². The maximum Gasteiger partial charge on any atom is 0.159 e. The molecule has 2 aliphatic rings. The minimum Gasteiger partial charge on any atom is -0.454 e. The Kier molecular flexibility index (Phi) is 7.61. The highest BCUT2D eigenvalue weighted by molar-refractivity contribution is 6.11. The molecule has 0 bridgehead atoms. The Labute approximate surface area is 344 Å². The molecule has 278 valence electrons. The molecule has 10 aromatic rings. The maximum absolute atomic E-state index is 6.74. The number of hydrogen-bond acceptors (Lipinski definition) is 2. The molecule has 2 heteroatoms. The molecule has 1 unspecified atom stereocenters. The van der Waals surface area contributed by atoms with Crippen molar-refractivity contribution >= 4 is 39.0 Å².